The molecule has 3 heteroatoms. The molecular weight excluding hydrogens is 582 g/mol. The van der Waals surface area contributed by atoms with Crippen LogP contribution in [0, 0.1) is 51.2 Å². The van der Waals surface area contributed by atoms with E-state index in [1.165, 1.54) is 44.6 Å². The molecule has 2 aliphatic carbocycles. The maximum atomic E-state index is 6.85. The maximum Gasteiger partial charge on any atom is 0.125 e. The summed E-state index contributed by atoms with van der Waals surface area (Å²) >= 11 is 2.68. The Bertz CT molecular complexity index is 746. The molecule has 0 N–H and O–H groups in total. The Morgan fingerprint density at radius 2 is 1.11 bits per heavy atom. The number of hydrogen-bond donors (Lipinski definition) is 0. The van der Waals surface area contributed by atoms with Crippen LogP contribution in [0.25, 0.3) is 0 Å². The van der Waals surface area contributed by atoms with Gasteiger partial charge in [0.15, 0.2) is 0 Å². The van der Waals surface area contributed by atoms with Crippen LogP contribution in [-0.4, -0.2) is 16.1 Å². The third kappa shape index (κ3) is 3.08. The Morgan fingerprint density at radius 1 is 0.741 bits per heavy atom. The van der Waals surface area contributed by atoms with E-state index in [-0.39, 0.29) is 56.8 Å². The fraction of sp³-hybridized carbons (Fsp3) is 0.667. The number of ether oxygens (including phenoxy) is 1. The molecule has 3 aliphatic rings. The van der Waals surface area contributed by atoms with Crippen LogP contribution in [-0.2, 0) is 4.74 Å². The van der Waals surface area contributed by atoms with E-state index in [2.05, 4.69) is 91.8 Å². The van der Waals surface area contributed by atoms with E-state index in [1.807, 2.05) is 0 Å². The Hall–Kier alpha value is 0.988. The van der Waals surface area contributed by atoms with Gasteiger partial charge in [-0.25, -0.2) is 0 Å². The van der Waals surface area contributed by atoms with Crippen molar-refractivity contribution in [2.24, 2.45) is 10.8 Å². The van der Waals surface area contributed by atoms with Gasteiger partial charge < -0.3 is 4.74 Å². The number of hydrogen-bond acceptors (Lipinski definition) is 1. The number of halogens is 1. The van der Waals surface area contributed by atoms with Gasteiger partial charge in [-0.2, -0.15) is 0 Å². The van der Waals surface area contributed by atoms with Gasteiger partial charge in [-0.1, -0.05) is 61.4 Å². The zero-order valence-electron chi connectivity index (χ0n) is 18.7. The van der Waals surface area contributed by atoms with Crippen LogP contribution in [0.4, 0.5) is 0 Å². The third-order valence-corrected chi connectivity index (χ3v) is 9.51. The second-order valence-corrected chi connectivity index (χ2v) is 11.1. The number of alkyl halides is 1. The van der Waals surface area contributed by atoms with Gasteiger partial charge in [0.25, 0.3) is 0 Å². The first-order valence-corrected chi connectivity index (χ1v) is 11.2. The monoisotopic (exact) mass is 618 g/mol. The molecule has 0 saturated carbocycles. The van der Waals surface area contributed by atoms with Gasteiger partial charge in [-0.3, -0.25) is 0 Å². The largest absolute Gasteiger partial charge is 0.365 e. The number of allylic oxidation sites excluding steroid dienone is 6. The minimum atomic E-state index is -0.292. The Kier molecular flexibility index (Phi) is 6.82. The summed E-state index contributed by atoms with van der Waals surface area (Å²) in [4.78, 5) is 0. The smallest absolute Gasteiger partial charge is 0.125 e. The predicted octanol–water partition coefficient (Wildman–Crippen LogP) is 7.33. The topological polar surface area (TPSA) is 9.23 Å². The van der Waals surface area contributed by atoms with Gasteiger partial charge in [0.1, 0.15) is 5.60 Å². The second-order valence-electron chi connectivity index (χ2n) is 9.59. The van der Waals surface area contributed by atoms with Crippen molar-refractivity contribution in [3.63, 3.8) is 0 Å². The van der Waals surface area contributed by atoms with Crippen LogP contribution in [0.3, 0.4) is 0 Å². The van der Waals surface area contributed by atoms with E-state index in [1.54, 1.807) is 0 Å². The Morgan fingerprint density at radius 3 is 1.33 bits per heavy atom. The van der Waals surface area contributed by atoms with Crippen LogP contribution in [0.5, 0.6) is 0 Å². The molecule has 0 amide bonds. The molecule has 0 spiro atoms. The molecule has 1 fully saturated rings. The molecule has 0 aromatic heterocycles. The fourth-order valence-electron chi connectivity index (χ4n) is 5.87. The van der Waals surface area contributed by atoms with Gasteiger partial charge in [-0.05, 0) is 81.4 Å². The first kappa shape index (κ1) is 24.3. The van der Waals surface area contributed by atoms with Crippen LogP contribution in [0.15, 0.2) is 44.6 Å². The Balaban J connectivity index is 0.00000261. The number of rotatable bonds is 2. The molecule has 150 valence electrons. The SMILES string of the molecule is CC1=C(C)C(C)(C)C(C2(C3=C(C)C(C)=C(C)C3(C)C)OCCC2I)=C1C.[Sm]. The standard InChI is InChI=1S/C24H35IO.Sm/c1-13-15(3)20(22(7,8)17(13)5)24(19(25)11-12-26-24)21-16(4)14(2)18(6)23(21,9)10;/h19H,11-12H2,1-10H3;. The maximum absolute atomic E-state index is 6.85. The van der Waals surface area contributed by atoms with E-state index in [0.29, 0.717) is 3.92 Å². The molecule has 1 atom stereocenters. The molecular formula is C24H35IOSm. The van der Waals surface area contributed by atoms with Gasteiger partial charge in [0.2, 0.25) is 0 Å². The summed E-state index contributed by atoms with van der Waals surface area (Å²) in [5.74, 6) is 0. The predicted molar refractivity (Wildman–Crippen MR) is 121 cm³/mol. The molecule has 1 saturated heterocycles. The van der Waals surface area contributed by atoms with Crippen molar-refractivity contribution in [3.05, 3.63) is 44.6 Å². The summed E-state index contributed by atoms with van der Waals surface area (Å²) in [5.41, 5.74) is 11.6. The van der Waals surface area contributed by atoms with E-state index < -0.39 is 0 Å². The second kappa shape index (κ2) is 7.59. The molecule has 0 bridgehead atoms. The van der Waals surface area contributed by atoms with Crippen LogP contribution < -0.4 is 0 Å². The molecule has 27 heavy (non-hydrogen) atoms. The molecule has 0 radical (unpaired) electrons. The zero-order valence-corrected chi connectivity index (χ0v) is 23.5. The van der Waals surface area contributed by atoms with E-state index in [9.17, 15) is 0 Å². The van der Waals surface area contributed by atoms with Crippen molar-refractivity contribution in [3.8, 4) is 0 Å². The molecule has 0 aromatic rings. The van der Waals surface area contributed by atoms with Crippen molar-refractivity contribution < 1.29 is 45.1 Å². The van der Waals surface area contributed by atoms with Gasteiger partial charge in [-0.15, -0.1) is 0 Å². The fourth-order valence-corrected chi connectivity index (χ4v) is 6.93. The Labute approximate surface area is 212 Å². The van der Waals surface area contributed by atoms with Crippen LogP contribution >= 0.6 is 22.6 Å². The van der Waals surface area contributed by atoms with Crippen molar-refractivity contribution in [2.75, 3.05) is 6.61 Å². The van der Waals surface area contributed by atoms with E-state index in [0.717, 1.165) is 13.0 Å². The molecule has 0 aromatic carbocycles. The molecule has 1 aliphatic heterocycles. The summed E-state index contributed by atoms with van der Waals surface area (Å²) in [7, 11) is 0. The first-order valence-electron chi connectivity index (χ1n) is 9.91. The van der Waals surface area contributed by atoms with Crippen molar-refractivity contribution in [1.82, 2.24) is 0 Å². The summed E-state index contributed by atoms with van der Waals surface area (Å²) in [6.07, 6.45) is 1.12. The zero-order chi connectivity index (χ0) is 19.8. The van der Waals surface area contributed by atoms with Gasteiger partial charge in [0, 0.05) is 57.8 Å². The normalized spacial score (nSPS) is 29.2. The molecule has 1 unspecified atom stereocenters. The summed E-state index contributed by atoms with van der Waals surface area (Å²) in [6.45, 7) is 24.3. The summed E-state index contributed by atoms with van der Waals surface area (Å²) < 4.78 is 7.31. The average molecular weight is 617 g/mol. The molecule has 1 nitrogen and oxygen atoms in total. The molecule has 1 heterocycles. The van der Waals surface area contributed by atoms with Crippen molar-refractivity contribution in [1.29, 1.82) is 0 Å². The van der Waals surface area contributed by atoms with Crippen LogP contribution in [0.2, 0.25) is 0 Å². The first-order chi connectivity index (χ1) is 11.8. The summed E-state index contributed by atoms with van der Waals surface area (Å²) in [5, 5.41) is 0. The van der Waals surface area contributed by atoms with Crippen LogP contribution in [0.1, 0.15) is 75.7 Å². The van der Waals surface area contributed by atoms with Crippen molar-refractivity contribution >= 4 is 22.6 Å². The average Bonchev–Trinajstić information content (AvgIpc) is 3.03. The van der Waals surface area contributed by atoms with E-state index in [4.69, 9.17) is 4.74 Å². The summed E-state index contributed by atoms with van der Waals surface area (Å²) in [6, 6.07) is 0. The molecule has 3 rings (SSSR count). The minimum absolute atomic E-state index is 0. The van der Waals surface area contributed by atoms with Gasteiger partial charge in [0.05, 0.1) is 3.92 Å². The van der Waals surface area contributed by atoms with Crippen molar-refractivity contribution in [2.45, 2.75) is 85.2 Å². The van der Waals surface area contributed by atoms with Gasteiger partial charge >= 0.3 is 0 Å². The van der Waals surface area contributed by atoms with E-state index >= 15 is 0 Å². The third-order valence-electron chi connectivity index (χ3n) is 8.01. The minimum Gasteiger partial charge on any atom is -0.365 e. The quantitative estimate of drug-likeness (QED) is 0.233.